The van der Waals surface area contributed by atoms with E-state index in [1.165, 1.54) is 0 Å². The number of benzene rings is 3. The third-order valence-electron chi connectivity index (χ3n) is 5.66. The second-order valence-electron chi connectivity index (χ2n) is 9.91. The number of hydrogen-bond acceptors (Lipinski definition) is 5. The van der Waals surface area contributed by atoms with Gasteiger partial charge in [-0.15, -0.1) is 11.3 Å². The predicted molar refractivity (Wildman–Crippen MR) is 152 cm³/mol. The van der Waals surface area contributed by atoms with Crippen LogP contribution in [0.2, 0.25) is 0 Å². The predicted octanol–water partition coefficient (Wildman–Crippen LogP) is 7.50. The highest BCUT2D eigenvalue weighted by Crippen LogP contribution is 2.26. The molecule has 1 aromatic heterocycles. The van der Waals surface area contributed by atoms with Gasteiger partial charge >= 0.3 is 12.1 Å². The lowest BCUT2D eigenvalue weighted by Crippen LogP contribution is -2.38. The van der Waals surface area contributed by atoms with Gasteiger partial charge in [-0.2, -0.15) is 0 Å². The van der Waals surface area contributed by atoms with Gasteiger partial charge in [0, 0.05) is 16.8 Å². The lowest BCUT2D eigenvalue weighted by Gasteiger charge is -2.28. The van der Waals surface area contributed by atoms with Crippen LogP contribution in [0.3, 0.4) is 0 Å². The number of thiophene rings is 1. The zero-order chi connectivity index (χ0) is 27.1. The summed E-state index contributed by atoms with van der Waals surface area (Å²) < 4.78 is 12.0. The van der Waals surface area contributed by atoms with E-state index in [1.807, 2.05) is 86.8 Å². The van der Waals surface area contributed by atoms with Gasteiger partial charge in [-0.25, -0.2) is 9.59 Å². The number of carboxylic acid groups (broad SMARTS) is 1. The van der Waals surface area contributed by atoms with E-state index < -0.39 is 17.7 Å². The van der Waals surface area contributed by atoms with Crippen molar-refractivity contribution in [2.45, 2.75) is 32.9 Å². The van der Waals surface area contributed by atoms with Crippen molar-refractivity contribution in [3.05, 3.63) is 106 Å². The molecular weight excluding hydrogens is 498 g/mol. The molecule has 1 amide bonds. The molecular formula is C31H31NO5S. The average Bonchev–Trinajstić information content (AvgIpc) is 3.39. The summed E-state index contributed by atoms with van der Waals surface area (Å²) >= 11 is 1.58. The summed E-state index contributed by atoms with van der Waals surface area (Å²) in [7, 11) is 0. The van der Waals surface area contributed by atoms with Gasteiger partial charge in [0.2, 0.25) is 0 Å². The molecule has 196 valence electrons. The minimum absolute atomic E-state index is 0.212. The van der Waals surface area contributed by atoms with E-state index in [0.717, 1.165) is 32.5 Å². The summed E-state index contributed by atoms with van der Waals surface area (Å²) in [5.41, 5.74) is 1.22. The smallest absolute Gasteiger partial charge is 0.410 e. The molecule has 0 aliphatic rings. The molecule has 0 atom stereocenters. The van der Waals surface area contributed by atoms with Crippen LogP contribution in [0.4, 0.5) is 4.79 Å². The molecule has 6 nitrogen and oxygen atoms in total. The fourth-order valence-corrected chi connectivity index (χ4v) is 4.65. The Morgan fingerprint density at radius 3 is 2.37 bits per heavy atom. The minimum atomic E-state index is -0.980. The molecule has 0 aliphatic carbocycles. The largest absolute Gasteiger partial charge is 0.489 e. The van der Waals surface area contributed by atoms with Gasteiger partial charge in [-0.1, -0.05) is 60.7 Å². The van der Waals surface area contributed by atoms with Crippen LogP contribution < -0.4 is 4.74 Å². The first kappa shape index (κ1) is 26.9. The van der Waals surface area contributed by atoms with Gasteiger partial charge in [-0.3, -0.25) is 4.90 Å². The highest BCUT2D eigenvalue weighted by molar-refractivity contribution is 7.09. The van der Waals surface area contributed by atoms with Gasteiger partial charge < -0.3 is 14.6 Å². The van der Waals surface area contributed by atoms with Crippen LogP contribution in [0, 0.1) is 0 Å². The van der Waals surface area contributed by atoms with Gasteiger partial charge in [0.15, 0.2) is 0 Å². The van der Waals surface area contributed by atoms with Crippen LogP contribution in [-0.2, 0) is 11.3 Å². The molecule has 0 saturated heterocycles. The van der Waals surface area contributed by atoms with Crippen molar-refractivity contribution in [1.82, 2.24) is 4.90 Å². The highest BCUT2D eigenvalue weighted by Gasteiger charge is 2.24. The van der Waals surface area contributed by atoms with Crippen molar-refractivity contribution in [3.63, 3.8) is 0 Å². The first-order valence-electron chi connectivity index (χ1n) is 12.3. The van der Waals surface area contributed by atoms with Gasteiger partial charge in [0.1, 0.15) is 18.0 Å². The number of carboxylic acids is 1. The summed E-state index contributed by atoms with van der Waals surface area (Å²) in [5, 5.41) is 13.3. The van der Waals surface area contributed by atoms with Crippen LogP contribution in [0.25, 0.3) is 16.8 Å². The Kier molecular flexibility index (Phi) is 8.48. The SMILES string of the molecule is CC(C)(C)OC(=O)N(CC(=Cc1ccc(C(=O)O)cc1)COc1cccc2ccccc12)Cc1cccs1. The lowest BCUT2D eigenvalue weighted by molar-refractivity contribution is 0.0250. The average molecular weight is 530 g/mol. The van der Waals surface area contributed by atoms with Crippen molar-refractivity contribution in [3.8, 4) is 5.75 Å². The Morgan fingerprint density at radius 1 is 0.947 bits per heavy atom. The standard InChI is InChI=1S/C31H31NO5S/c1-31(2,3)37-30(35)32(20-26-10-7-17-38-26)19-23(18-22-13-15-25(16-14-22)29(33)34)21-36-28-12-6-9-24-8-4-5-11-27(24)28/h4-18H,19-21H2,1-3H3,(H,33,34). The number of aromatic carboxylic acids is 1. The maximum absolute atomic E-state index is 13.2. The summed E-state index contributed by atoms with van der Waals surface area (Å²) in [4.78, 5) is 27.2. The first-order valence-corrected chi connectivity index (χ1v) is 13.2. The molecule has 0 fully saturated rings. The summed E-state index contributed by atoms with van der Waals surface area (Å²) in [6.07, 6.45) is 1.52. The van der Waals surface area contributed by atoms with Crippen molar-refractivity contribution in [2.75, 3.05) is 13.2 Å². The Labute approximate surface area is 226 Å². The minimum Gasteiger partial charge on any atom is -0.489 e. The zero-order valence-electron chi connectivity index (χ0n) is 21.7. The molecule has 7 heteroatoms. The second kappa shape index (κ2) is 12.0. The van der Waals surface area contributed by atoms with Crippen LogP contribution >= 0.6 is 11.3 Å². The third-order valence-corrected chi connectivity index (χ3v) is 6.52. The third kappa shape index (κ3) is 7.46. The van der Waals surface area contributed by atoms with Gasteiger partial charge in [0.25, 0.3) is 0 Å². The molecule has 0 spiro atoms. The van der Waals surface area contributed by atoms with Gasteiger partial charge in [-0.05, 0) is 66.9 Å². The normalized spacial score (nSPS) is 11.8. The van der Waals surface area contributed by atoms with E-state index in [2.05, 4.69) is 0 Å². The number of nitrogens with zero attached hydrogens (tertiary/aromatic N) is 1. The molecule has 1 heterocycles. The molecule has 0 bridgehead atoms. The fraction of sp³-hybridized carbons (Fsp3) is 0.226. The van der Waals surface area contributed by atoms with Crippen molar-refractivity contribution in [2.24, 2.45) is 0 Å². The van der Waals surface area contributed by atoms with Crippen LogP contribution in [0.1, 0.15) is 41.6 Å². The van der Waals surface area contributed by atoms with Crippen LogP contribution in [-0.4, -0.2) is 40.8 Å². The number of hydrogen-bond donors (Lipinski definition) is 1. The molecule has 0 radical (unpaired) electrons. The summed E-state index contributed by atoms with van der Waals surface area (Å²) in [5.74, 6) is -0.232. The quantitative estimate of drug-likeness (QED) is 0.243. The Morgan fingerprint density at radius 2 is 1.68 bits per heavy atom. The van der Waals surface area contributed by atoms with E-state index in [-0.39, 0.29) is 18.7 Å². The van der Waals surface area contributed by atoms with Crippen molar-refractivity contribution >= 4 is 40.2 Å². The van der Waals surface area contributed by atoms with E-state index in [0.29, 0.717) is 6.54 Å². The van der Waals surface area contributed by atoms with Crippen molar-refractivity contribution < 1.29 is 24.2 Å². The molecule has 0 unspecified atom stereocenters. The fourth-order valence-electron chi connectivity index (χ4n) is 3.93. The molecule has 1 N–H and O–H groups in total. The summed E-state index contributed by atoms with van der Waals surface area (Å²) in [6, 6.07) is 24.5. The van der Waals surface area contributed by atoms with E-state index in [1.54, 1.807) is 40.5 Å². The summed E-state index contributed by atoms with van der Waals surface area (Å²) in [6.45, 7) is 6.45. The maximum atomic E-state index is 13.2. The molecule has 4 rings (SSSR count). The number of ether oxygens (including phenoxy) is 2. The number of amides is 1. The number of carbonyl (C=O) groups excluding carboxylic acids is 1. The Bertz CT molecular complexity index is 1410. The first-order chi connectivity index (χ1) is 18.2. The monoisotopic (exact) mass is 529 g/mol. The Hall–Kier alpha value is -4.10. The molecule has 0 aliphatic heterocycles. The number of rotatable bonds is 9. The maximum Gasteiger partial charge on any atom is 0.410 e. The number of fused-ring (bicyclic) bond motifs is 1. The van der Waals surface area contributed by atoms with Crippen molar-refractivity contribution in [1.29, 1.82) is 0 Å². The van der Waals surface area contributed by atoms with E-state index in [4.69, 9.17) is 9.47 Å². The van der Waals surface area contributed by atoms with E-state index >= 15 is 0 Å². The lowest BCUT2D eigenvalue weighted by atomic mass is 10.1. The topological polar surface area (TPSA) is 76.1 Å². The highest BCUT2D eigenvalue weighted by atomic mass is 32.1. The number of carbonyl (C=O) groups is 2. The van der Waals surface area contributed by atoms with Crippen LogP contribution in [0.5, 0.6) is 5.75 Å². The van der Waals surface area contributed by atoms with Gasteiger partial charge in [0.05, 0.1) is 12.1 Å². The molecule has 38 heavy (non-hydrogen) atoms. The molecule has 3 aromatic carbocycles. The van der Waals surface area contributed by atoms with Crippen LogP contribution in [0.15, 0.2) is 89.8 Å². The second-order valence-corrected chi connectivity index (χ2v) is 10.9. The molecule has 4 aromatic rings. The zero-order valence-corrected chi connectivity index (χ0v) is 22.5. The van der Waals surface area contributed by atoms with E-state index in [9.17, 15) is 14.7 Å². The molecule has 0 saturated carbocycles. The Balaban J connectivity index is 1.64.